The largest absolute Gasteiger partial charge is 0.573 e. The second-order valence-corrected chi connectivity index (χ2v) is 11.3. The van der Waals surface area contributed by atoms with Crippen LogP contribution in [0.2, 0.25) is 0 Å². The van der Waals surface area contributed by atoms with Crippen molar-refractivity contribution in [1.82, 2.24) is 0 Å². The van der Waals surface area contributed by atoms with Crippen LogP contribution in [0.25, 0.3) is 11.1 Å². The van der Waals surface area contributed by atoms with Gasteiger partial charge in [-0.15, -0.1) is 13.2 Å². The molecular weight excluding hydrogens is 499 g/mol. The minimum Gasteiger partial charge on any atom is -0.488 e. The summed E-state index contributed by atoms with van der Waals surface area (Å²) in [5.41, 5.74) is 4.03. The minimum absolute atomic E-state index is 0.222. The molecule has 3 aromatic carbocycles. The summed E-state index contributed by atoms with van der Waals surface area (Å²) < 4.78 is 48.5. The molecule has 2 bridgehead atoms. The lowest BCUT2D eigenvalue weighted by molar-refractivity contribution is -0.274. The van der Waals surface area contributed by atoms with Crippen molar-refractivity contribution in [2.75, 3.05) is 11.9 Å². The zero-order chi connectivity index (χ0) is 27.2. The quantitative estimate of drug-likeness (QED) is 0.261. The summed E-state index contributed by atoms with van der Waals surface area (Å²) in [6, 6.07) is 22.6. The Kier molecular flexibility index (Phi) is 8.69. The minimum atomic E-state index is -4.70. The molecule has 1 N–H and O–H groups in total. The highest BCUT2D eigenvalue weighted by molar-refractivity contribution is 5.72. The molecular formula is C33H38F3NO2. The van der Waals surface area contributed by atoms with Gasteiger partial charge in [-0.05, 0) is 110 Å². The highest BCUT2D eigenvalue weighted by atomic mass is 19.4. The van der Waals surface area contributed by atoms with Gasteiger partial charge >= 0.3 is 6.36 Å². The number of ether oxygens (including phenoxy) is 2. The van der Waals surface area contributed by atoms with Gasteiger partial charge in [0.15, 0.2) is 0 Å². The number of halogens is 3. The zero-order valence-corrected chi connectivity index (χ0v) is 22.6. The number of hydrogen-bond acceptors (Lipinski definition) is 3. The molecule has 4 atom stereocenters. The Balaban J connectivity index is 1.29. The predicted molar refractivity (Wildman–Crippen MR) is 150 cm³/mol. The molecule has 208 valence electrons. The van der Waals surface area contributed by atoms with Gasteiger partial charge < -0.3 is 14.8 Å². The van der Waals surface area contributed by atoms with Crippen LogP contribution in [0.1, 0.15) is 57.4 Å². The molecule has 2 aliphatic rings. The van der Waals surface area contributed by atoms with Gasteiger partial charge in [-0.25, -0.2) is 0 Å². The third-order valence-corrected chi connectivity index (χ3v) is 8.19. The van der Waals surface area contributed by atoms with Gasteiger partial charge in [0.25, 0.3) is 0 Å². The molecule has 0 amide bonds. The topological polar surface area (TPSA) is 30.5 Å². The summed E-state index contributed by atoms with van der Waals surface area (Å²) in [4.78, 5) is 0. The average molecular weight is 538 g/mol. The molecule has 0 aromatic heterocycles. The van der Waals surface area contributed by atoms with Gasteiger partial charge in [0.1, 0.15) is 17.6 Å². The van der Waals surface area contributed by atoms with E-state index in [0.717, 1.165) is 66.6 Å². The monoisotopic (exact) mass is 537 g/mol. The van der Waals surface area contributed by atoms with Crippen molar-refractivity contribution in [3.63, 3.8) is 0 Å². The average Bonchev–Trinajstić information content (AvgIpc) is 2.91. The van der Waals surface area contributed by atoms with Crippen molar-refractivity contribution in [2.45, 2.75) is 70.8 Å². The van der Waals surface area contributed by atoms with E-state index in [4.69, 9.17) is 4.74 Å². The number of hydrogen-bond donors (Lipinski definition) is 1. The lowest BCUT2D eigenvalue weighted by Gasteiger charge is -2.42. The normalized spacial score (nSPS) is 22.8. The summed E-state index contributed by atoms with van der Waals surface area (Å²) in [6.45, 7) is 3.18. The second-order valence-electron chi connectivity index (χ2n) is 11.3. The van der Waals surface area contributed by atoms with E-state index < -0.39 is 6.36 Å². The summed E-state index contributed by atoms with van der Waals surface area (Å²) in [6.07, 6.45) is 4.85. The fourth-order valence-corrected chi connectivity index (χ4v) is 6.42. The van der Waals surface area contributed by atoms with Crippen LogP contribution >= 0.6 is 0 Å². The van der Waals surface area contributed by atoms with Gasteiger partial charge in [-0.1, -0.05) is 55.5 Å². The van der Waals surface area contributed by atoms with Crippen LogP contribution in [0.15, 0.2) is 72.8 Å². The van der Waals surface area contributed by atoms with Crippen molar-refractivity contribution in [2.24, 2.45) is 17.8 Å². The zero-order valence-electron chi connectivity index (χ0n) is 22.6. The maximum atomic E-state index is 12.6. The first-order valence-corrected chi connectivity index (χ1v) is 14.3. The third kappa shape index (κ3) is 7.71. The van der Waals surface area contributed by atoms with E-state index >= 15 is 0 Å². The molecule has 4 unspecified atom stereocenters. The summed E-state index contributed by atoms with van der Waals surface area (Å²) >= 11 is 0. The first kappa shape index (κ1) is 27.4. The van der Waals surface area contributed by atoms with Gasteiger partial charge in [0, 0.05) is 6.54 Å². The number of fused-ring (bicyclic) bond motifs is 2. The van der Waals surface area contributed by atoms with E-state index in [9.17, 15) is 13.2 Å². The number of anilines is 1. The molecule has 0 aliphatic heterocycles. The molecule has 3 aromatic rings. The van der Waals surface area contributed by atoms with Crippen molar-refractivity contribution >= 4 is 5.69 Å². The number of aryl methyl sites for hydroxylation is 1. The number of unbranched alkanes of at least 4 members (excludes halogenated alkanes) is 1. The molecule has 5 rings (SSSR count). The van der Waals surface area contributed by atoms with E-state index in [0.29, 0.717) is 5.92 Å². The molecule has 2 aliphatic carbocycles. The summed E-state index contributed by atoms with van der Waals surface area (Å²) in [5.74, 6) is 2.84. The Labute approximate surface area is 229 Å². The highest BCUT2D eigenvalue weighted by Gasteiger charge is 2.37. The van der Waals surface area contributed by atoms with E-state index in [2.05, 4.69) is 47.3 Å². The number of rotatable bonds is 10. The Hall–Kier alpha value is -3.15. The van der Waals surface area contributed by atoms with Crippen LogP contribution in [-0.4, -0.2) is 19.0 Å². The number of nitrogens with one attached hydrogen (secondary N) is 1. The maximum absolute atomic E-state index is 12.6. The van der Waals surface area contributed by atoms with E-state index in [-0.39, 0.29) is 11.9 Å². The third-order valence-electron chi connectivity index (χ3n) is 8.19. The first-order chi connectivity index (χ1) is 18.8. The molecule has 0 heterocycles. The van der Waals surface area contributed by atoms with Crippen LogP contribution in [0.3, 0.4) is 0 Å². The first-order valence-electron chi connectivity index (χ1n) is 14.3. The molecule has 0 radical (unpaired) electrons. The van der Waals surface area contributed by atoms with Crippen LogP contribution in [-0.2, 0) is 6.42 Å². The van der Waals surface area contributed by atoms with Crippen LogP contribution in [0, 0.1) is 17.8 Å². The lowest BCUT2D eigenvalue weighted by atomic mass is 9.67. The predicted octanol–water partition coefficient (Wildman–Crippen LogP) is 9.28. The summed E-state index contributed by atoms with van der Waals surface area (Å²) in [5, 5.41) is 3.61. The molecule has 2 fully saturated rings. The number of benzene rings is 3. The van der Waals surface area contributed by atoms with Gasteiger partial charge in [0.2, 0.25) is 0 Å². The van der Waals surface area contributed by atoms with Crippen molar-refractivity contribution in [1.29, 1.82) is 0 Å². The van der Waals surface area contributed by atoms with Crippen molar-refractivity contribution in [3.05, 3.63) is 78.4 Å². The Morgan fingerprint density at radius 1 is 0.846 bits per heavy atom. The van der Waals surface area contributed by atoms with Crippen LogP contribution in [0.4, 0.5) is 18.9 Å². The van der Waals surface area contributed by atoms with Crippen molar-refractivity contribution in [3.8, 4) is 22.6 Å². The fourth-order valence-electron chi connectivity index (χ4n) is 6.42. The molecule has 39 heavy (non-hydrogen) atoms. The Morgan fingerprint density at radius 3 is 2.38 bits per heavy atom. The lowest BCUT2D eigenvalue weighted by Crippen LogP contribution is -2.38. The van der Waals surface area contributed by atoms with Crippen LogP contribution < -0.4 is 14.8 Å². The SMILES string of the molecule is CC1CC2CCC(Oc3ccc(-c4ccc(OC(F)(F)F)cc4)cc3NCCCCc3ccccc3)C(C1)C2. The van der Waals surface area contributed by atoms with E-state index in [1.54, 1.807) is 12.1 Å². The van der Waals surface area contributed by atoms with Gasteiger partial charge in [-0.3, -0.25) is 0 Å². The second kappa shape index (κ2) is 12.4. The fraction of sp³-hybridized carbons (Fsp3) is 0.455. The molecule has 0 saturated heterocycles. The van der Waals surface area contributed by atoms with E-state index in [1.165, 1.54) is 43.4 Å². The summed E-state index contributed by atoms with van der Waals surface area (Å²) in [7, 11) is 0. The van der Waals surface area contributed by atoms with Crippen molar-refractivity contribution < 1.29 is 22.6 Å². The maximum Gasteiger partial charge on any atom is 0.573 e. The van der Waals surface area contributed by atoms with Crippen LogP contribution in [0.5, 0.6) is 11.5 Å². The molecule has 6 heteroatoms. The molecule has 2 saturated carbocycles. The Morgan fingerprint density at radius 2 is 1.62 bits per heavy atom. The van der Waals surface area contributed by atoms with Gasteiger partial charge in [-0.2, -0.15) is 0 Å². The Bertz CT molecular complexity index is 1190. The highest BCUT2D eigenvalue weighted by Crippen LogP contribution is 2.44. The number of alkyl halides is 3. The van der Waals surface area contributed by atoms with Gasteiger partial charge in [0.05, 0.1) is 5.69 Å². The molecule has 0 spiro atoms. The molecule has 3 nitrogen and oxygen atoms in total. The smallest absolute Gasteiger partial charge is 0.488 e. The van der Waals surface area contributed by atoms with E-state index in [1.807, 2.05) is 18.2 Å². The standard InChI is InChI=1S/C33H38F3NO2/c1-23-19-25-10-16-31(28(20-23)21-25)38-32-17-13-27(26-11-14-29(15-12-26)39-33(34,35)36)22-30(32)37-18-6-5-9-24-7-3-2-4-8-24/h2-4,7-8,11-15,17,22-23,25,28,31,37H,5-6,9-10,16,18-21H2,1H3.